The van der Waals surface area contributed by atoms with Crippen LogP contribution in [0.1, 0.15) is 0 Å². The molecule has 0 aliphatic rings. The van der Waals surface area contributed by atoms with Crippen molar-refractivity contribution < 1.29 is 0 Å². The highest BCUT2D eigenvalue weighted by molar-refractivity contribution is 7.19. The summed E-state index contributed by atoms with van der Waals surface area (Å²) in [6, 6.07) is 70.8. The number of benzene rings is 7. The Labute approximate surface area is 321 Å². The van der Waals surface area contributed by atoms with E-state index in [2.05, 4.69) is 203 Å². The third-order valence-corrected chi connectivity index (χ3v) is 12.9. The standard InChI is InChI=1S/C50H32N2S2/c1-3-13-33(14-4-1)45-27-29-47(53-45)35-17-11-19-37(31-35)51-41-23-9-7-21-39(41)49-43(51)25-26-44-50(49)40-22-8-10-24-42(40)52(44)38-20-12-18-36(32-38)48-30-28-46(54-48)34-15-5-2-6-16-34/h1-32H. The maximum absolute atomic E-state index is 2.45. The first-order chi connectivity index (χ1) is 26.8. The van der Waals surface area contributed by atoms with Crippen molar-refractivity contribution in [1.29, 1.82) is 0 Å². The molecule has 2 nitrogen and oxygen atoms in total. The van der Waals surface area contributed by atoms with Crippen LogP contribution in [0.4, 0.5) is 0 Å². The van der Waals surface area contributed by atoms with Gasteiger partial charge in [-0.15, -0.1) is 22.7 Å². The van der Waals surface area contributed by atoms with Crippen LogP contribution in [0.3, 0.4) is 0 Å². The highest BCUT2D eigenvalue weighted by Gasteiger charge is 2.21. The SMILES string of the molecule is c1ccc(-c2ccc(-c3cccc(-n4c5ccccc5c5c6c7ccccc7n(-c7cccc(-c8ccc(-c9ccccc9)s8)c7)c6ccc54)c3)s2)cc1. The molecule has 0 aliphatic heterocycles. The van der Waals surface area contributed by atoms with Crippen LogP contribution in [0.15, 0.2) is 194 Å². The number of thiophene rings is 2. The fourth-order valence-electron chi connectivity index (χ4n) is 8.17. The Bertz CT molecular complexity index is 2940. The first-order valence-corrected chi connectivity index (χ1v) is 19.9. The molecule has 0 spiro atoms. The van der Waals surface area contributed by atoms with Crippen LogP contribution in [-0.4, -0.2) is 9.13 Å². The summed E-state index contributed by atoms with van der Waals surface area (Å²) >= 11 is 3.69. The van der Waals surface area contributed by atoms with Gasteiger partial charge in [0.05, 0.1) is 22.1 Å². The summed E-state index contributed by atoms with van der Waals surface area (Å²) in [6.07, 6.45) is 0. The lowest BCUT2D eigenvalue weighted by Crippen LogP contribution is -1.95. The molecule has 4 aromatic heterocycles. The average Bonchev–Trinajstić information content (AvgIpc) is 4.05. The monoisotopic (exact) mass is 724 g/mol. The van der Waals surface area contributed by atoms with Crippen molar-refractivity contribution in [3.05, 3.63) is 194 Å². The molecule has 0 bridgehead atoms. The second kappa shape index (κ2) is 12.6. The normalized spacial score (nSPS) is 11.7. The largest absolute Gasteiger partial charge is 0.309 e. The Morgan fingerprint density at radius 1 is 0.278 bits per heavy atom. The lowest BCUT2D eigenvalue weighted by molar-refractivity contribution is 1.17. The predicted molar refractivity (Wildman–Crippen MR) is 233 cm³/mol. The van der Waals surface area contributed by atoms with Gasteiger partial charge in [0.25, 0.3) is 0 Å². The van der Waals surface area contributed by atoms with Crippen molar-refractivity contribution in [3.8, 4) is 53.1 Å². The lowest BCUT2D eigenvalue weighted by atomic mass is 10.1. The zero-order valence-corrected chi connectivity index (χ0v) is 30.8. The number of nitrogens with zero attached hydrogens (tertiary/aromatic N) is 2. The minimum atomic E-state index is 1.16. The maximum atomic E-state index is 2.45. The van der Waals surface area contributed by atoms with E-state index >= 15 is 0 Å². The molecule has 11 rings (SSSR count). The maximum Gasteiger partial charge on any atom is 0.0548 e. The molecule has 0 saturated carbocycles. The highest BCUT2D eigenvalue weighted by Crippen LogP contribution is 2.44. The number of hydrogen-bond donors (Lipinski definition) is 0. The first kappa shape index (κ1) is 31.1. The summed E-state index contributed by atoms with van der Waals surface area (Å²) < 4.78 is 4.90. The van der Waals surface area contributed by atoms with Crippen molar-refractivity contribution in [3.63, 3.8) is 0 Å². The Hall–Kier alpha value is -6.46. The molecule has 0 amide bonds. The van der Waals surface area contributed by atoms with Crippen molar-refractivity contribution in [2.45, 2.75) is 0 Å². The highest BCUT2D eigenvalue weighted by atomic mass is 32.1. The minimum Gasteiger partial charge on any atom is -0.309 e. The van der Waals surface area contributed by atoms with E-state index in [9.17, 15) is 0 Å². The molecule has 0 N–H and O–H groups in total. The molecule has 4 heteroatoms. The Morgan fingerprint density at radius 2 is 0.648 bits per heavy atom. The summed E-state index contributed by atoms with van der Waals surface area (Å²) in [7, 11) is 0. The average molecular weight is 725 g/mol. The van der Waals surface area contributed by atoms with E-state index < -0.39 is 0 Å². The second-order valence-electron chi connectivity index (χ2n) is 13.7. The van der Waals surface area contributed by atoms with Crippen LogP contribution in [-0.2, 0) is 0 Å². The van der Waals surface area contributed by atoms with Gasteiger partial charge in [-0.3, -0.25) is 0 Å². The molecule has 54 heavy (non-hydrogen) atoms. The number of hydrogen-bond acceptors (Lipinski definition) is 2. The molecule has 0 saturated heterocycles. The van der Waals surface area contributed by atoms with E-state index in [0.717, 1.165) is 11.4 Å². The molecule has 0 fully saturated rings. The fourth-order valence-corrected chi connectivity index (χ4v) is 10.2. The van der Waals surface area contributed by atoms with E-state index in [0.29, 0.717) is 0 Å². The molecule has 254 valence electrons. The van der Waals surface area contributed by atoms with E-state index in [1.165, 1.54) is 85.4 Å². The second-order valence-corrected chi connectivity index (χ2v) is 15.9. The fraction of sp³-hybridized carbons (Fsp3) is 0. The van der Waals surface area contributed by atoms with E-state index in [1.807, 2.05) is 22.7 Å². The Kier molecular flexibility index (Phi) is 7.25. The number of aromatic nitrogens is 2. The van der Waals surface area contributed by atoms with Crippen LogP contribution in [0.5, 0.6) is 0 Å². The van der Waals surface area contributed by atoms with Gasteiger partial charge < -0.3 is 9.13 Å². The van der Waals surface area contributed by atoms with Crippen LogP contribution < -0.4 is 0 Å². The number of fused-ring (bicyclic) bond motifs is 7. The van der Waals surface area contributed by atoms with Crippen LogP contribution in [0.25, 0.3) is 96.7 Å². The molecule has 4 heterocycles. The van der Waals surface area contributed by atoms with Gasteiger partial charge in [0, 0.05) is 52.4 Å². The topological polar surface area (TPSA) is 9.86 Å². The van der Waals surface area contributed by atoms with Crippen molar-refractivity contribution in [2.24, 2.45) is 0 Å². The van der Waals surface area contributed by atoms with Crippen molar-refractivity contribution in [2.75, 3.05) is 0 Å². The van der Waals surface area contributed by atoms with Crippen LogP contribution in [0, 0.1) is 0 Å². The zero-order chi connectivity index (χ0) is 35.6. The quantitative estimate of drug-likeness (QED) is 0.162. The molecule has 0 unspecified atom stereocenters. The van der Waals surface area contributed by atoms with E-state index in [-0.39, 0.29) is 0 Å². The molecule has 0 atom stereocenters. The summed E-state index contributed by atoms with van der Waals surface area (Å²) in [5.41, 5.74) is 12.1. The predicted octanol–water partition coefficient (Wildman–Crippen LogP) is 14.7. The smallest absolute Gasteiger partial charge is 0.0548 e. The van der Waals surface area contributed by atoms with Gasteiger partial charge in [-0.25, -0.2) is 0 Å². The minimum absolute atomic E-state index is 1.16. The van der Waals surface area contributed by atoms with Crippen molar-refractivity contribution >= 4 is 66.3 Å². The van der Waals surface area contributed by atoms with Gasteiger partial charge in [-0.1, -0.05) is 121 Å². The summed E-state index contributed by atoms with van der Waals surface area (Å²) in [6.45, 7) is 0. The van der Waals surface area contributed by atoms with Gasteiger partial charge in [0.15, 0.2) is 0 Å². The Balaban J connectivity index is 1.08. The summed E-state index contributed by atoms with van der Waals surface area (Å²) in [5, 5.41) is 5.09. The lowest BCUT2D eigenvalue weighted by Gasteiger charge is -2.11. The molecule has 0 aliphatic carbocycles. The number of rotatable bonds is 6. The van der Waals surface area contributed by atoms with E-state index in [1.54, 1.807) is 0 Å². The molecular formula is C50H32N2S2. The third-order valence-electron chi connectivity index (χ3n) is 10.6. The van der Waals surface area contributed by atoms with Gasteiger partial charge in [0.2, 0.25) is 0 Å². The van der Waals surface area contributed by atoms with Crippen LogP contribution >= 0.6 is 22.7 Å². The summed E-state index contributed by atoms with van der Waals surface area (Å²) in [5.74, 6) is 0. The van der Waals surface area contributed by atoms with Gasteiger partial charge in [0.1, 0.15) is 0 Å². The van der Waals surface area contributed by atoms with Crippen molar-refractivity contribution in [1.82, 2.24) is 9.13 Å². The van der Waals surface area contributed by atoms with Gasteiger partial charge >= 0.3 is 0 Å². The molecular weight excluding hydrogens is 693 g/mol. The van der Waals surface area contributed by atoms with Crippen LogP contribution in [0.2, 0.25) is 0 Å². The van der Waals surface area contributed by atoms with Gasteiger partial charge in [-0.2, -0.15) is 0 Å². The Morgan fingerprint density at radius 3 is 1.09 bits per heavy atom. The van der Waals surface area contributed by atoms with Gasteiger partial charge in [-0.05, 0) is 95.1 Å². The molecule has 7 aromatic carbocycles. The first-order valence-electron chi connectivity index (χ1n) is 18.3. The molecule has 11 aromatic rings. The molecule has 0 radical (unpaired) electrons. The number of para-hydroxylation sites is 2. The zero-order valence-electron chi connectivity index (χ0n) is 29.2. The third kappa shape index (κ3) is 4.99. The summed E-state index contributed by atoms with van der Waals surface area (Å²) in [4.78, 5) is 5.10. The van der Waals surface area contributed by atoms with E-state index in [4.69, 9.17) is 0 Å².